The minimum atomic E-state index is -0.718. The lowest BCUT2D eigenvalue weighted by atomic mass is 9.91. The Hall–Kier alpha value is -3.40. The fourth-order valence-corrected chi connectivity index (χ4v) is 4.48. The fourth-order valence-electron chi connectivity index (χ4n) is 4.48. The predicted molar refractivity (Wildman–Crippen MR) is 133 cm³/mol. The largest absolute Gasteiger partial charge is 0.481 e. The van der Waals surface area contributed by atoms with Gasteiger partial charge >= 0.3 is 5.97 Å². The standard InChI is InChI=1S/C29H31NO3/c1-3-21-13-15-22(16-14-21)26-27-24(19-20(2)9-7-8-12-25(31)32)17-18-30-29(27)33-28(26)23-10-5-4-6-11-23/h4-6,10-11,13-18,20H,3,7-9,12,19H2,1-2H3,(H,31,32)/t20-/m1/s1. The van der Waals surface area contributed by atoms with Crippen molar-refractivity contribution in [2.75, 3.05) is 0 Å². The number of hydrogen-bond donors (Lipinski definition) is 1. The number of benzene rings is 2. The third-order valence-corrected chi connectivity index (χ3v) is 6.27. The van der Waals surface area contributed by atoms with Crippen LogP contribution in [0.4, 0.5) is 0 Å². The summed E-state index contributed by atoms with van der Waals surface area (Å²) in [5, 5.41) is 9.96. The Balaban J connectivity index is 1.74. The number of carboxylic acids is 1. The molecule has 1 atom stereocenters. The van der Waals surface area contributed by atoms with Gasteiger partial charge in [0.05, 0.1) is 5.39 Å². The average Bonchev–Trinajstić information content (AvgIpc) is 3.23. The van der Waals surface area contributed by atoms with E-state index in [2.05, 4.69) is 61.3 Å². The van der Waals surface area contributed by atoms with E-state index >= 15 is 0 Å². The van der Waals surface area contributed by atoms with Crippen molar-refractivity contribution in [2.45, 2.75) is 52.4 Å². The van der Waals surface area contributed by atoms with Gasteiger partial charge in [0.1, 0.15) is 5.76 Å². The lowest BCUT2D eigenvalue weighted by molar-refractivity contribution is -0.137. The lowest BCUT2D eigenvalue weighted by Gasteiger charge is -2.13. The Bertz CT molecular complexity index is 1210. The van der Waals surface area contributed by atoms with Crippen LogP contribution in [0.3, 0.4) is 0 Å². The molecule has 0 saturated heterocycles. The van der Waals surface area contributed by atoms with Crippen molar-refractivity contribution < 1.29 is 14.3 Å². The van der Waals surface area contributed by atoms with Gasteiger partial charge in [-0.3, -0.25) is 4.79 Å². The first-order chi connectivity index (χ1) is 16.1. The van der Waals surface area contributed by atoms with Crippen LogP contribution < -0.4 is 0 Å². The molecule has 2 heterocycles. The van der Waals surface area contributed by atoms with Gasteiger partial charge in [0, 0.05) is 23.7 Å². The summed E-state index contributed by atoms with van der Waals surface area (Å²) >= 11 is 0. The number of unbranched alkanes of at least 4 members (excludes halogenated alkanes) is 1. The van der Waals surface area contributed by atoms with Crippen LogP contribution in [0.5, 0.6) is 0 Å². The fraction of sp³-hybridized carbons (Fsp3) is 0.310. The molecule has 2 aromatic carbocycles. The molecule has 0 aliphatic rings. The quantitative estimate of drug-likeness (QED) is 0.258. The highest BCUT2D eigenvalue weighted by Gasteiger charge is 2.21. The number of nitrogens with zero attached hydrogens (tertiary/aromatic N) is 1. The van der Waals surface area contributed by atoms with Gasteiger partial charge < -0.3 is 9.52 Å². The number of rotatable bonds is 10. The van der Waals surface area contributed by atoms with E-state index < -0.39 is 5.97 Å². The van der Waals surface area contributed by atoms with E-state index in [1.165, 1.54) is 11.1 Å². The molecule has 0 bridgehead atoms. The molecule has 0 aliphatic carbocycles. The molecule has 0 radical (unpaired) electrons. The van der Waals surface area contributed by atoms with Crippen LogP contribution in [-0.4, -0.2) is 16.1 Å². The lowest BCUT2D eigenvalue weighted by Crippen LogP contribution is -2.02. The summed E-state index contributed by atoms with van der Waals surface area (Å²) in [4.78, 5) is 15.4. The zero-order valence-electron chi connectivity index (χ0n) is 19.4. The van der Waals surface area contributed by atoms with Gasteiger partial charge in [-0.05, 0) is 47.9 Å². The number of aryl methyl sites for hydroxylation is 1. The zero-order chi connectivity index (χ0) is 23.2. The maximum absolute atomic E-state index is 10.8. The molecular weight excluding hydrogens is 410 g/mol. The molecular formula is C29H31NO3. The van der Waals surface area contributed by atoms with Crippen LogP contribution in [0.25, 0.3) is 33.6 Å². The molecule has 2 aromatic heterocycles. The molecule has 33 heavy (non-hydrogen) atoms. The number of pyridine rings is 1. The monoisotopic (exact) mass is 441 g/mol. The van der Waals surface area contributed by atoms with Crippen LogP contribution in [0.1, 0.15) is 50.7 Å². The van der Waals surface area contributed by atoms with Crippen molar-refractivity contribution in [1.29, 1.82) is 0 Å². The van der Waals surface area contributed by atoms with Gasteiger partial charge in [-0.1, -0.05) is 81.3 Å². The van der Waals surface area contributed by atoms with Crippen LogP contribution >= 0.6 is 0 Å². The normalized spacial score (nSPS) is 12.2. The average molecular weight is 442 g/mol. The molecule has 4 rings (SSSR count). The predicted octanol–water partition coefficient (Wildman–Crippen LogP) is 7.55. The molecule has 0 amide bonds. The first-order valence-electron chi connectivity index (χ1n) is 11.8. The summed E-state index contributed by atoms with van der Waals surface area (Å²) < 4.78 is 6.37. The molecule has 0 saturated carbocycles. The van der Waals surface area contributed by atoms with Crippen molar-refractivity contribution in [3.05, 3.63) is 78.0 Å². The Morgan fingerprint density at radius 1 is 1.00 bits per heavy atom. The van der Waals surface area contributed by atoms with E-state index in [0.717, 1.165) is 59.9 Å². The molecule has 0 aliphatic heterocycles. The number of aromatic nitrogens is 1. The summed E-state index contributed by atoms with van der Waals surface area (Å²) in [7, 11) is 0. The van der Waals surface area contributed by atoms with E-state index in [0.29, 0.717) is 11.6 Å². The Kier molecular flexibility index (Phi) is 7.23. The Labute approximate surface area is 195 Å². The smallest absolute Gasteiger partial charge is 0.303 e. The molecule has 4 aromatic rings. The van der Waals surface area contributed by atoms with Gasteiger partial charge in [-0.25, -0.2) is 4.98 Å². The van der Waals surface area contributed by atoms with Crippen LogP contribution in [0.15, 0.2) is 71.3 Å². The second-order valence-electron chi connectivity index (χ2n) is 8.82. The third-order valence-electron chi connectivity index (χ3n) is 6.27. The van der Waals surface area contributed by atoms with Gasteiger partial charge in [0.15, 0.2) is 0 Å². The van der Waals surface area contributed by atoms with Crippen molar-refractivity contribution in [3.63, 3.8) is 0 Å². The topological polar surface area (TPSA) is 63.3 Å². The number of carbonyl (C=O) groups is 1. The van der Waals surface area contributed by atoms with E-state index in [-0.39, 0.29) is 6.42 Å². The first-order valence-corrected chi connectivity index (χ1v) is 11.8. The van der Waals surface area contributed by atoms with Gasteiger partial charge in [0.25, 0.3) is 0 Å². The molecule has 1 N–H and O–H groups in total. The summed E-state index contributed by atoms with van der Waals surface area (Å²) in [6.45, 7) is 4.40. The third kappa shape index (κ3) is 5.33. The van der Waals surface area contributed by atoms with Gasteiger partial charge in [-0.15, -0.1) is 0 Å². The van der Waals surface area contributed by atoms with Crippen molar-refractivity contribution in [1.82, 2.24) is 4.98 Å². The van der Waals surface area contributed by atoms with Crippen LogP contribution in [0, 0.1) is 5.92 Å². The Morgan fingerprint density at radius 3 is 2.45 bits per heavy atom. The summed E-state index contributed by atoms with van der Waals surface area (Å²) in [6.07, 6.45) is 6.63. The number of furan rings is 1. The van der Waals surface area contributed by atoms with Crippen LogP contribution in [0.2, 0.25) is 0 Å². The van der Waals surface area contributed by atoms with E-state index in [1.54, 1.807) is 0 Å². The van der Waals surface area contributed by atoms with Crippen molar-refractivity contribution in [3.8, 4) is 22.5 Å². The number of hydrogen-bond acceptors (Lipinski definition) is 3. The molecule has 170 valence electrons. The highest BCUT2D eigenvalue weighted by atomic mass is 16.4. The maximum atomic E-state index is 10.8. The molecule has 0 spiro atoms. The minimum absolute atomic E-state index is 0.242. The zero-order valence-corrected chi connectivity index (χ0v) is 19.4. The molecule has 0 fully saturated rings. The van der Waals surface area contributed by atoms with Crippen LogP contribution in [-0.2, 0) is 17.6 Å². The summed E-state index contributed by atoms with van der Waals surface area (Å²) in [5.41, 5.74) is 6.47. The second kappa shape index (κ2) is 10.5. The number of fused-ring (bicyclic) bond motifs is 1. The summed E-state index contributed by atoms with van der Waals surface area (Å²) in [5.74, 6) is 0.572. The van der Waals surface area contributed by atoms with E-state index in [9.17, 15) is 4.79 Å². The number of aliphatic carboxylic acids is 1. The van der Waals surface area contributed by atoms with Gasteiger partial charge in [-0.2, -0.15) is 0 Å². The SMILES string of the molecule is CCc1ccc(-c2c(-c3ccccc3)oc3nccc(C[C@H](C)CCCCC(=O)O)c23)cc1. The van der Waals surface area contributed by atoms with E-state index in [4.69, 9.17) is 9.52 Å². The highest BCUT2D eigenvalue weighted by Crippen LogP contribution is 2.42. The minimum Gasteiger partial charge on any atom is -0.481 e. The van der Waals surface area contributed by atoms with Crippen molar-refractivity contribution in [2.24, 2.45) is 5.92 Å². The highest BCUT2D eigenvalue weighted by molar-refractivity contribution is 6.02. The number of carboxylic acid groups (broad SMARTS) is 1. The molecule has 4 heteroatoms. The second-order valence-corrected chi connectivity index (χ2v) is 8.82. The van der Waals surface area contributed by atoms with E-state index in [1.807, 2.05) is 24.4 Å². The molecule has 4 nitrogen and oxygen atoms in total. The van der Waals surface area contributed by atoms with Gasteiger partial charge in [0.2, 0.25) is 5.71 Å². The maximum Gasteiger partial charge on any atom is 0.303 e. The van der Waals surface area contributed by atoms with Crippen molar-refractivity contribution >= 4 is 17.1 Å². The Morgan fingerprint density at radius 2 is 1.76 bits per heavy atom. The summed E-state index contributed by atoms with van der Waals surface area (Å²) in [6, 6.07) is 21.1. The first kappa shape index (κ1) is 22.8. The molecule has 0 unspecified atom stereocenters.